The average Bonchev–Trinajstić information content (AvgIpc) is 3.74. The zero-order valence-corrected chi connectivity index (χ0v) is 24.2. The Bertz CT molecular complexity index is 1570. The number of carbonyl (C=O) groups is 2. The van der Waals surface area contributed by atoms with Crippen LogP contribution < -0.4 is 9.64 Å². The second kappa shape index (κ2) is 11.4. The SMILES string of the molecule is CS(=O)(=O)OCc1cc(Oc2ccc(N3CCN(C(=O)C4(C(=O)O)CC4)CC3)nc2)nc(-c2cc(Cl)cc(Cl)c2)c1. The molecule has 3 aromatic rings. The highest BCUT2D eigenvalue weighted by atomic mass is 35.5. The van der Waals surface area contributed by atoms with E-state index in [2.05, 4.69) is 9.97 Å². The number of carbonyl (C=O) groups excluding carboxylic acids is 1. The molecule has 3 heterocycles. The summed E-state index contributed by atoms with van der Waals surface area (Å²) in [4.78, 5) is 36.8. The first-order valence-electron chi connectivity index (χ1n) is 12.7. The lowest BCUT2D eigenvalue weighted by Gasteiger charge is -2.36. The number of carboxylic acids is 1. The molecule has 1 saturated heterocycles. The van der Waals surface area contributed by atoms with Crippen molar-refractivity contribution in [3.63, 3.8) is 0 Å². The van der Waals surface area contributed by atoms with Crippen molar-refractivity contribution in [1.82, 2.24) is 14.9 Å². The van der Waals surface area contributed by atoms with Crippen molar-refractivity contribution >= 4 is 51.0 Å². The van der Waals surface area contributed by atoms with E-state index in [-0.39, 0.29) is 18.4 Å². The highest BCUT2D eigenvalue weighted by Gasteiger charge is 2.58. The maximum absolute atomic E-state index is 12.7. The molecule has 41 heavy (non-hydrogen) atoms. The zero-order valence-electron chi connectivity index (χ0n) is 21.9. The number of anilines is 1. The van der Waals surface area contributed by atoms with Gasteiger partial charge in [0.15, 0.2) is 0 Å². The van der Waals surface area contributed by atoms with Crippen LogP contribution in [0, 0.1) is 5.41 Å². The number of nitrogens with zero attached hydrogens (tertiary/aromatic N) is 4. The Hall–Kier alpha value is -3.45. The van der Waals surface area contributed by atoms with Crippen molar-refractivity contribution in [2.75, 3.05) is 37.3 Å². The maximum Gasteiger partial charge on any atom is 0.319 e. The lowest BCUT2D eigenvalue weighted by Crippen LogP contribution is -2.52. The second-order valence-electron chi connectivity index (χ2n) is 9.94. The van der Waals surface area contributed by atoms with Crippen LogP contribution in [0.5, 0.6) is 11.6 Å². The van der Waals surface area contributed by atoms with Gasteiger partial charge >= 0.3 is 5.97 Å². The van der Waals surface area contributed by atoms with Crippen LogP contribution in [-0.2, 0) is 30.5 Å². The van der Waals surface area contributed by atoms with E-state index in [1.165, 1.54) is 6.20 Å². The van der Waals surface area contributed by atoms with E-state index < -0.39 is 21.5 Å². The van der Waals surface area contributed by atoms with E-state index in [9.17, 15) is 23.1 Å². The summed E-state index contributed by atoms with van der Waals surface area (Å²) in [5.74, 6) is -0.101. The first-order valence-corrected chi connectivity index (χ1v) is 15.2. The predicted octanol–water partition coefficient (Wildman–Crippen LogP) is 4.23. The summed E-state index contributed by atoms with van der Waals surface area (Å²) in [6, 6.07) is 11.7. The standard InChI is InChI=1S/C27H26Cl2N4O7S/c1-41(37,38)39-16-17-10-22(18-12-19(28)14-20(29)13-18)31-24(11-17)40-21-2-3-23(30-15-21)32-6-8-33(9-7-32)25(34)27(4-5-27)26(35)36/h2-3,10-15H,4-9,16H2,1H3,(H,35,36). The highest BCUT2D eigenvalue weighted by molar-refractivity contribution is 7.85. The summed E-state index contributed by atoms with van der Waals surface area (Å²) in [7, 11) is -3.68. The number of pyridine rings is 2. The molecule has 2 aromatic heterocycles. The smallest absolute Gasteiger partial charge is 0.319 e. The quantitative estimate of drug-likeness (QED) is 0.273. The fourth-order valence-electron chi connectivity index (χ4n) is 4.55. The number of rotatable bonds is 9. The lowest BCUT2D eigenvalue weighted by atomic mass is 10.1. The normalized spacial score (nSPS) is 16.4. The lowest BCUT2D eigenvalue weighted by molar-refractivity contribution is -0.153. The van der Waals surface area contributed by atoms with Crippen LogP contribution in [0.15, 0.2) is 48.7 Å². The van der Waals surface area contributed by atoms with E-state index in [0.29, 0.717) is 77.5 Å². The zero-order chi connectivity index (χ0) is 29.4. The van der Waals surface area contributed by atoms with E-state index in [1.807, 2.05) is 4.90 Å². The number of amides is 1. The molecule has 0 unspecified atom stereocenters. The summed E-state index contributed by atoms with van der Waals surface area (Å²) < 4.78 is 34.0. The molecular weight excluding hydrogens is 595 g/mol. The van der Waals surface area contributed by atoms with Gasteiger partial charge in [-0.15, -0.1) is 0 Å². The molecule has 1 saturated carbocycles. The van der Waals surface area contributed by atoms with Crippen molar-refractivity contribution in [1.29, 1.82) is 0 Å². The number of benzene rings is 1. The topological polar surface area (TPSA) is 139 Å². The summed E-state index contributed by atoms with van der Waals surface area (Å²) in [6.45, 7) is 1.64. The number of piperazine rings is 1. The largest absolute Gasteiger partial charge is 0.480 e. The van der Waals surface area contributed by atoms with E-state index in [4.69, 9.17) is 32.1 Å². The van der Waals surface area contributed by atoms with Crippen molar-refractivity contribution in [3.8, 4) is 22.9 Å². The average molecular weight is 621 g/mol. The molecule has 2 fully saturated rings. The second-order valence-corrected chi connectivity index (χ2v) is 12.5. The molecule has 0 bridgehead atoms. The molecule has 14 heteroatoms. The Morgan fingerprint density at radius 2 is 1.71 bits per heavy atom. The van der Waals surface area contributed by atoms with E-state index in [1.54, 1.807) is 47.4 Å². The molecule has 1 amide bonds. The van der Waals surface area contributed by atoms with Crippen molar-refractivity contribution in [3.05, 3.63) is 64.3 Å². The van der Waals surface area contributed by atoms with E-state index in [0.717, 1.165) is 6.26 Å². The fraction of sp³-hybridized carbons (Fsp3) is 0.333. The molecule has 1 aliphatic carbocycles. The van der Waals surface area contributed by atoms with Gasteiger partial charge < -0.3 is 19.6 Å². The minimum Gasteiger partial charge on any atom is -0.480 e. The molecule has 11 nitrogen and oxygen atoms in total. The number of hydrogen-bond acceptors (Lipinski definition) is 9. The molecule has 1 N–H and O–H groups in total. The number of aromatic nitrogens is 2. The van der Waals surface area contributed by atoms with Gasteiger partial charge in [-0.25, -0.2) is 9.97 Å². The van der Waals surface area contributed by atoms with Crippen LogP contribution in [0.25, 0.3) is 11.3 Å². The van der Waals surface area contributed by atoms with Gasteiger partial charge in [0.05, 0.1) is 24.8 Å². The number of aliphatic carboxylic acids is 1. The predicted molar refractivity (Wildman–Crippen MR) is 152 cm³/mol. The molecule has 1 aliphatic heterocycles. The Morgan fingerprint density at radius 1 is 1.02 bits per heavy atom. The number of carboxylic acid groups (broad SMARTS) is 1. The van der Waals surface area contributed by atoms with Gasteiger partial charge in [-0.05, 0) is 54.8 Å². The van der Waals surface area contributed by atoms with Gasteiger partial charge in [-0.2, -0.15) is 8.42 Å². The Balaban J connectivity index is 1.29. The molecule has 1 aromatic carbocycles. The maximum atomic E-state index is 12.7. The highest BCUT2D eigenvalue weighted by Crippen LogP contribution is 2.47. The van der Waals surface area contributed by atoms with Gasteiger partial charge in [-0.1, -0.05) is 23.2 Å². The van der Waals surface area contributed by atoms with Crippen LogP contribution >= 0.6 is 23.2 Å². The van der Waals surface area contributed by atoms with Gasteiger partial charge in [0.2, 0.25) is 11.8 Å². The van der Waals surface area contributed by atoms with Crippen LogP contribution in [0.2, 0.25) is 10.0 Å². The van der Waals surface area contributed by atoms with Gasteiger partial charge in [0.25, 0.3) is 10.1 Å². The third kappa shape index (κ3) is 6.89. The molecule has 0 atom stereocenters. The van der Waals surface area contributed by atoms with Crippen LogP contribution in [0.4, 0.5) is 5.82 Å². The minimum absolute atomic E-state index is 0.180. The minimum atomic E-state index is -3.68. The molecular formula is C27H26Cl2N4O7S. The van der Waals surface area contributed by atoms with Crippen LogP contribution in [0.1, 0.15) is 18.4 Å². The van der Waals surface area contributed by atoms with Crippen molar-refractivity contribution in [2.45, 2.75) is 19.4 Å². The number of hydrogen-bond donors (Lipinski definition) is 1. The fourth-order valence-corrected chi connectivity index (χ4v) is 5.42. The summed E-state index contributed by atoms with van der Waals surface area (Å²) in [6.07, 6.45) is 3.28. The molecule has 5 rings (SSSR count). The van der Waals surface area contributed by atoms with Gasteiger partial charge in [0, 0.05) is 47.9 Å². The Kier molecular flexibility index (Phi) is 8.11. The number of halogens is 2. The summed E-state index contributed by atoms with van der Waals surface area (Å²) >= 11 is 12.3. The molecule has 0 spiro atoms. The first kappa shape index (κ1) is 29.1. The van der Waals surface area contributed by atoms with Crippen molar-refractivity contribution in [2.24, 2.45) is 5.41 Å². The summed E-state index contributed by atoms with van der Waals surface area (Å²) in [5.41, 5.74) is 0.322. The Labute approximate surface area is 246 Å². The number of ether oxygens (including phenoxy) is 1. The third-order valence-corrected chi connectivity index (χ3v) is 7.84. The third-order valence-electron chi connectivity index (χ3n) is 6.86. The Morgan fingerprint density at radius 3 is 2.27 bits per heavy atom. The summed E-state index contributed by atoms with van der Waals surface area (Å²) in [5, 5.41) is 10.2. The van der Waals surface area contributed by atoms with Crippen LogP contribution in [-0.4, -0.2) is 72.7 Å². The molecule has 216 valence electrons. The van der Waals surface area contributed by atoms with E-state index >= 15 is 0 Å². The molecule has 2 aliphatic rings. The van der Waals surface area contributed by atoms with Crippen molar-refractivity contribution < 1.29 is 32.0 Å². The van der Waals surface area contributed by atoms with Crippen LogP contribution in [0.3, 0.4) is 0 Å². The van der Waals surface area contributed by atoms with Gasteiger partial charge in [0.1, 0.15) is 17.0 Å². The monoisotopic (exact) mass is 620 g/mol. The van der Waals surface area contributed by atoms with Gasteiger partial charge in [-0.3, -0.25) is 13.8 Å². The molecule has 0 radical (unpaired) electrons. The first-order chi connectivity index (χ1) is 19.4.